The first-order valence-corrected chi connectivity index (χ1v) is 18.2. The molecule has 1 radical (unpaired) electrons. The Balaban J connectivity index is 0.000000301. The number of aromatic nitrogens is 2. The number of nitrogens with zero attached hydrogens (tertiary/aromatic N) is 2. The number of carbonyl (C=O) groups excluding carboxylic acids is 1. The van der Waals surface area contributed by atoms with Gasteiger partial charge in [-0.1, -0.05) is 118 Å². The normalized spacial score (nSPS) is 14.2. The van der Waals surface area contributed by atoms with Crippen molar-refractivity contribution in [2.75, 3.05) is 0 Å². The van der Waals surface area contributed by atoms with Crippen molar-refractivity contribution in [2.45, 2.75) is 125 Å². The van der Waals surface area contributed by atoms with Crippen molar-refractivity contribution in [3.05, 3.63) is 82.8 Å². The molecule has 2 heterocycles. The van der Waals surface area contributed by atoms with Crippen molar-refractivity contribution in [3.63, 3.8) is 0 Å². The molecule has 1 aliphatic rings. The topological polar surface area (TPSA) is 76.2 Å². The van der Waals surface area contributed by atoms with Gasteiger partial charge in [-0.05, 0) is 65.2 Å². The molecule has 0 bridgehead atoms. The second-order valence-electron chi connectivity index (χ2n) is 16.3. The van der Waals surface area contributed by atoms with Gasteiger partial charge in [0.05, 0.1) is 22.4 Å². The van der Waals surface area contributed by atoms with Gasteiger partial charge >= 0.3 is 0 Å². The minimum atomic E-state index is -0.355. The van der Waals surface area contributed by atoms with Gasteiger partial charge in [0.1, 0.15) is 5.58 Å². The number of para-hydroxylation sites is 2. The van der Waals surface area contributed by atoms with Crippen molar-refractivity contribution in [3.8, 4) is 11.3 Å². The van der Waals surface area contributed by atoms with Gasteiger partial charge in [-0.25, -0.2) is 0 Å². The van der Waals surface area contributed by atoms with E-state index in [1.165, 1.54) is 28.2 Å². The van der Waals surface area contributed by atoms with Crippen LogP contribution in [0.25, 0.3) is 44.2 Å². The SMILES string of the molecule is CC(C)(C)c1c[c-]c2c3c1oc1c(C(C)(C)C)ccc(c13)C(C)(C)c1nc3ccccc3nc1-2.CCC(CC)C(=O)/C=C(\O)C(CC)CC.[Ir]. The van der Waals surface area contributed by atoms with Crippen molar-refractivity contribution in [1.82, 2.24) is 9.97 Å². The van der Waals surface area contributed by atoms with Crippen LogP contribution in [0.15, 0.2) is 58.7 Å². The Morgan fingerprint density at radius 2 is 1.36 bits per heavy atom. The summed E-state index contributed by atoms with van der Waals surface area (Å²) in [5.41, 5.74) is 9.80. The first kappa shape index (κ1) is 39.4. The number of carbonyl (C=O) groups is 1. The van der Waals surface area contributed by atoms with Crippen LogP contribution in [0.4, 0.5) is 0 Å². The van der Waals surface area contributed by atoms with Gasteiger partial charge < -0.3 is 9.52 Å². The Morgan fingerprint density at radius 3 is 1.90 bits per heavy atom. The Morgan fingerprint density at radius 1 is 0.820 bits per heavy atom. The maximum Gasteiger partial charge on any atom is 0.162 e. The van der Waals surface area contributed by atoms with Crippen LogP contribution in [-0.2, 0) is 41.1 Å². The van der Waals surface area contributed by atoms with Crippen LogP contribution in [0, 0.1) is 17.9 Å². The summed E-state index contributed by atoms with van der Waals surface area (Å²) in [6.07, 6.45) is 4.91. The van der Waals surface area contributed by atoms with Crippen LogP contribution in [0.3, 0.4) is 0 Å². The number of rotatable bonds is 7. The molecule has 0 aliphatic heterocycles. The van der Waals surface area contributed by atoms with E-state index in [0.717, 1.165) is 70.2 Å². The number of benzene rings is 3. The number of aliphatic hydroxyl groups is 1. The van der Waals surface area contributed by atoms with E-state index < -0.39 is 0 Å². The molecule has 1 N–H and O–H groups in total. The molecular formula is C44H55IrN2O3-. The van der Waals surface area contributed by atoms with Crippen LogP contribution in [0.2, 0.25) is 0 Å². The maximum absolute atomic E-state index is 11.7. The molecule has 5 nitrogen and oxygen atoms in total. The molecule has 0 spiro atoms. The van der Waals surface area contributed by atoms with E-state index in [1.807, 2.05) is 52.0 Å². The number of ketones is 1. The van der Waals surface area contributed by atoms with Crippen LogP contribution < -0.4 is 0 Å². The predicted molar refractivity (Wildman–Crippen MR) is 204 cm³/mol. The standard InChI is InChI=1S/C31H31N2O.C13H24O2.Ir/c1-29(2,3)19-14-13-17-23-24-18(15-16-20(30(4,5)6)27(24)34-26(19)23)31(7,8)28-25(17)32-21-11-9-10-12-22(21)33-28;1-5-10(6-2)12(14)9-13(15)11(7-3)8-4;/h9-12,14-16H,1-8H3;9-11,14H,5-8H2,1-4H3;/q-1;;/b;12-9-;. The van der Waals surface area contributed by atoms with Gasteiger partial charge in [0.2, 0.25) is 0 Å². The van der Waals surface area contributed by atoms with Crippen molar-refractivity contribution in [2.24, 2.45) is 11.8 Å². The summed E-state index contributed by atoms with van der Waals surface area (Å²) in [5, 5.41) is 12.1. The second-order valence-corrected chi connectivity index (χ2v) is 16.3. The number of allylic oxidation sites excluding steroid dienone is 2. The third-order valence-electron chi connectivity index (χ3n) is 10.5. The van der Waals surface area contributed by atoms with Crippen molar-refractivity contribution < 1.29 is 34.4 Å². The summed E-state index contributed by atoms with van der Waals surface area (Å²) < 4.78 is 6.85. The Kier molecular flexibility index (Phi) is 11.6. The van der Waals surface area contributed by atoms with Crippen molar-refractivity contribution >= 4 is 38.8 Å². The molecule has 0 fully saturated rings. The minimum Gasteiger partial charge on any atom is -0.512 e. The van der Waals surface area contributed by atoms with Gasteiger partial charge in [-0.3, -0.25) is 14.8 Å². The van der Waals surface area contributed by atoms with Crippen LogP contribution in [-0.4, -0.2) is 20.9 Å². The fourth-order valence-electron chi connectivity index (χ4n) is 7.29. The van der Waals surface area contributed by atoms with E-state index in [0.29, 0.717) is 0 Å². The zero-order valence-corrected chi connectivity index (χ0v) is 34.5. The van der Waals surface area contributed by atoms with Crippen LogP contribution >= 0.6 is 0 Å². The maximum atomic E-state index is 11.7. The molecule has 0 unspecified atom stereocenters. The largest absolute Gasteiger partial charge is 0.512 e. The van der Waals surface area contributed by atoms with E-state index in [4.69, 9.17) is 14.4 Å². The second kappa shape index (κ2) is 14.7. The summed E-state index contributed by atoms with van der Waals surface area (Å²) >= 11 is 0. The van der Waals surface area contributed by atoms with E-state index in [9.17, 15) is 9.90 Å². The molecule has 6 heteroatoms. The molecule has 0 saturated carbocycles. The minimum absolute atomic E-state index is 0. The summed E-state index contributed by atoms with van der Waals surface area (Å²) in [6.45, 7) is 26.1. The molecular weight excluding hydrogens is 797 g/mol. The molecule has 0 amide bonds. The summed E-state index contributed by atoms with van der Waals surface area (Å²) in [5.74, 6) is 0.547. The van der Waals surface area contributed by atoms with Crippen LogP contribution in [0.5, 0.6) is 0 Å². The average Bonchev–Trinajstić information content (AvgIpc) is 3.40. The molecule has 1 aliphatic carbocycles. The van der Waals surface area contributed by atoms with E-state index in [2.05, 4.69) is 79.7 Å². The predicted octanol–water partition coefficient (Wildman–Crippen LogP) is 12.1. The number of furan rings is 1. The zero-order chi connectivity index (χ0) is 36.1. The molecule has 0 saturated heterocycles. The number of hydrogen-bond donors (Lipinski definition) is 1. The number of hydrogen-bond acceptors (Lipinski definition) is 5. The van der Waals surface area contributed by atoms with E-state index >= 15 is 0 Å². The average molecular weight is 852 g/mol. The van der Waals surface area contributed by atoms with Gasteiger partial charge in [0.15, 0.2) is 5.78 Å². The first-order chi connectivity index (χ1) is 23.0. The molecule has 5 aromatic rings. The van der Waals surface area contributed by atoms with Crippen molar-refractivity contribution in [1.29, 1.82) is 0 Å². The fourth-order valence-corrected chi connectivity index (χ4v) is 7.29. The van der Waals surface area contributed by atoms with E-state index in [-0.39, 0.29) is 59.7 Å². The smallest absolute Gasteiger partial charge is 0.162 e. The van der Waals surface area contributed by atoms with Gasteiger partial charge in [0.25, 0.3) is 0 Å². The Labute approximate surface area is 312 Å². The first-order valence-electron chi connectivity index (χ1n) is 18.2. The van der Waals surface area contributed by atoms with Gasteiger partial charge in [-0.15, -0.1) is 17.7 Å². The quantitative estimate of drug-likeness (QED) is 0.100. The summed E-state index contributed by atoms with van der Waals surface area (Å²) in [6, 6.07) is 18.4. The monoisotopic (exact) mass is 852 g/mol. The molecule has 6 rings (SSSR count). The number of aliphatic hydroxyl groups excluding tert-OH is 1. The van der Waals surface area contributed by atoms with Gasteiger partial charge in [-0.2, -0.15) is 0 Å². The molecule has 2 aromatic heterocycles. The zero-order valence-electron chi connectivity index (χ0n) is 32.1. The molecule has 3 aromatic carbocycles. The third-order valence-corrected chi connectivity index (χ3v) is 10.5. The van der Waals surface area contributed by atoms with Crippen LogP contribution in [0.1, 0.15) is 131 Å². The number of fused-ring (bicyclic) bond motifs is 3. The molecule has 0 atom stereocenters. The summed E-state index contributed by atoms with van der Waals surface area (Å²) in [7, 11) is 0. The fraction of sp³-hybridized carbons (Fsp3) is 0.477. The van der Waals surface area contributed by atoms with Gasteiger partial charge in [0, 0.05) is 54.8 Å². The Bertz CT molecular complexity index is 2050. The Hall–Kier alpha value is -3.34. The molecule has 269 valence electrons. The summed E-state index contributed by atoms with van der Waals surface area (Å²) in [4.78, 5) is 22.1. The molecule has 50 heavy (non-hydrogen) atoms. The third kappa shape index (κ3) is 7.08. The van der Waals surface area contributed by atoms with E-state index in [1.54, 1.807) is 0 Å².